The normalized spacial score (nSPS) is 51.5. The summed E-state index contributed by atoms with van der Waals surface area (Å²) >= 11 is 0. The summed E-state index contributed by atoms with van der Waals surface area (Å²) in [5.74, 6) is -5.97. The van der Waals surface area contributed by atoms with Crippen molar-refractivity contribution in [1.29, 1.82) is 0 Å². The third-order valence-corrected chi connectivity index (χ3v) is 11.9. The predicted octanol–water partition coefficient (Wildman–Crippen LogP) is -1.36. The Morgan fingerprint density at radius 3 is 2.40 bits per heavy atom. The summed E-state index contributed by atoms with van der Waals surface area (Å²) in [6, 6.07) is 3.01. The van der Waals surface area contributed by atoms with Gasteiger partial charge < -0.3 is 56.2 Å². The van der Waals surface area contributed by atoms with Crippen LogP contribution in [0.25, 0.3) is 0 Å². The van der Waals surface area contributed by atoms with Crippen LogP contribution in [-0.4, -0.2) is 101 Å². The van der Waals surface area contributed by atoms with Crippen molar-refractivity contribution in [2.45, 2.75) is 99.9 Å². The van der Waals surface area contributed by atoms with E-state index in [1.165, 1.54) is 26.1 Å². The molecule has 3 heterocycles. The van der Waals surface area contributed by atoms with Crippen LogP contribution < -0.4 is 11.5 Å². The predicted molar refractivity (Wildman–Crippen MR) is 143 cm³/mol. The summed E-state index contributed by atoms with van der Waals surface area (Å²) in [6.07, 6.45) is -1.99. The number of aromatic amines is 1. The maximum atomic E-state index is 13.4. The fraction of sp³-hybridized carbons (Fsp3) is 0.750. The van der Waals surface area contributed by atoms with Crippen molar-refractivity contribution in [3.8, 4) is 0 Å². The smallest absolute Gasteiger partial charge is 0.355 e. The van der Waals surface area contributed by atoms with E-state index in [1.54, 1.807) is 26.8 Å². The molecule has 2 saturated heterocycles. The molecule has 4 saturated carbocycles. The van der Waals surface area contributed by atoms with Gasteiger partial charge in [-0.1, -0.05) is 27.7 Å². The topological polar surface area (TPSA) is 243 Å². The van der Waals surface area contributed by atoms with Crippen LogP contribution in [0.3, 0.4) is 0 Å². The van der Waals surface area contributed by atoms with Crippen molar-refractivity contribution in [2.24, 2.45) is 39.1 Å². The van der Waals surface area contributed by atoms with E-state index in [9.17, 15) is 35.1 Å². The quantitative estimate of drug-likeness (QED) is 0.108. The summed E-state index contributed by atoms with van der Waals surface area (Å²) in [6.45, 7) is 7.18. The maximum absolute atomic E-state index is 13.4. The van der Waals surface area contributed by atoms with E-state index in [4.69, 9.17) is 25.7 Å². The van der Waals surface area contributed by atoms with Crippen LogP contribution in [0, 0.1) is 22.7 Å². The highest BCUT2D eigenvalue weighted by atomic mass is 16.7. The Balaban J connectivity index is 1.62. The molecule has 0 radical (unpaired) electrons. The first kappa shape index (κ1) is 29.3. The molecule has 14 nitrogen and oxygen atoms in total. The minimum atomic E-state index is -2.72. The van der Waals surface area contributed by atoms with E-state index in [-0.39, 0.29) is 24.5 Å². The van der Waals surface area contributed by atoms with Gasteiger partial charge in [-0.2, -0.15) is 0 Å². The molecule has 6 fully saturated rings. The largest absolute Gasteiger partial charge is 0.457 e. The highest BCUT2D eigenvalue weighted by molar-refractivity contribution is 5.87. The van der Waals surface area contributed by atoms with Crippen molar-refractivity contribution < 1.29 is 49.3 Å². The van der Waals surface area contributed by atoms with Crippen LogP contribution in [0.5, 0.6) is 0 Å². The van der Waals surface area contributed by atoms with E-state index < -0.39 is 93.6 Å². The molecule has 0 amide bonds. The van der Waals surface area contributed by atoms with Gasteiger partial charge in [-0.15, -0.1) is 0 Å². The molecule has 1 aromatic rings. The number of rotatable bonds is 6. The second-order valence-corrected chi connectivity index (χ2v) is 13.6. The van der Waals surface area contributed by atoms with E-state index >= 15 is 0 Å². The summed E-state index contributed by atoms with van der Waals surface area (Å²) in [4.78, 5) is 32.8. The number of hydrogen-bond donors (Lipinski definition) is 8. The molecule has 4 aliphatic carbocycles. The van der Waals surface area contributed by atoms with Gasteiger partial charge in [-0.25, -0.2) is 9.79 Å². The number of ether oxygens (including phenoxy) is 3. The Morgan fingerprint density at radius 2 is 1.83 bits per heavy atom. The van der Waals surface area contributed by atoms with Crippen LogP contribution in [-0.2, 0) is 19.0 Å². The van der Waals surface area contributed by atoms with E-state index in [0.717, 1.165) is 0 Å². The molecule has 14 heteroatoms. The second-order valence-electron chi connectivity index (χ2n) is 13.6. The first-order chi connectivity index (χ1) is 19.3. The van der Waals surface area contributed by atoms with Crippen LogP contribution in [0.2, 0.25) is 0 Å². The number of nitrogens with one attached hydrogen (secondary N) is 1. The number of nitrogens with zero attached hydrogens (tertiary/aromatic N) is 1. The Hall–Kier alpha value is -2.75. The third kappa shape index (κ3) is 2.52. The Kier molecular flexibility index (Phi) is 5.61. The number of guanidine groups is 1. The third-order valence-electron chi connectivity index (χ3n) is 11.9. The molecule has 6 aliphatic rings. The monoisotopic (exact) mass is 592 g/mol. The Morgan fingerprint density at radius 1 is 1.17 bits per heavy atom. The molecule has 1 aromatic heterocycles. The number of H-pyrrole nitrogens is 1. The summed E-state index contributed by atoms with van der Waals surface area (Å²) < 4.78 is 18.2. The molecule has 232 valence electrons. The number of carbonyl (C=O) groups excluding carboxylic acids is 2. The molecule has 6 bridgehead atoms. The molecule has 2 aliphatic heterocycles. The van der Waals surface area contributed by atoms with Gasteiger partial charge in [0.25, 0.3) is 0 Å². The molecule has 1 spiro atoms. The zero-order valence-electron chi connectivity index (χ0n) is 24.2. The first-order valence-corrected chi connectivity index (χ1v) is 14.2. The molecular weight excluding hydrogens is 552 g/mol. The van der Waals surface area contributed by atoms with E-state index in [0.29, 0.717) is 0 Å². The maximum Gasteiger partial charge on any atom is 0.355 e. The van der Waals surface area contributed by atoms with Gasteiger partial charge >= 0.3 is 11.9 Å². The highest BCUT2D eigenvalue weighted by Crippen LogP contribution is 2.90. The molecule has 42 heavy (non-hydrogen) atoms. The van der Waals surface area contributed by atoms with Gasteiger partial charge in [0.2, 0.25) is 0 Å². The van der Waals surface area contributed by atoms with Gasteiger partial charge in [0.1, 0.15) is 40.7 Å². The lowest BCUT2D eigenvalue weighted by Gasteiger charge is -2.60. The highest BCUT2D eigenvalue weighted by Gasteiger charge is 3.10. The lowest BCUT2D eigenvalue weighted by atomic mass is 9.52. The standard InChI is InChI=1S/C28H40N4O10/c1-13(2)25(37)19(41-18(34)15-7-6-10-31-15)26(38)21(4)12-24(36)22(25,5)28(26,39)27(42-24)17(14(3)8-9-23(21,27)35)40-16(33)11-32-20(29)30/h6-7,10,13-14,17,19,31,35-39H,8-9,11-12H2,1-5H3,(H4,29,30,32)/t14?,17-,19-,21+,22?,23?,24?,25?,26?,27?,28?/m1/s1. The SMILES string of the molecule is CC1CCC2(O)C3(OC4(O)C[C@]2(C)C2(O)[C@H](OC(=O)c5ccc[nH]5)C(O)(C(C)C)C4(C)C32O)[C@@H]1OC(=O)CN=C(N)N. The summed E-state index contributed by atoms with van der Waals surface area (Å²) in [5, 5.41) is 64.1. The molecule has 7 rings (SSSR count). The number of esters is 2. The number of nitrogens with two attached hydrogens (primary N) is 2. The zero-order valence-corrected chi connectivity index (χ0v) is 24.2. The van der Waals surface area contributed by atoms with Crippen molar-refractivity contribution in [2.75, 3.05) is 6.54 Å². The van der Waals surface area contributed by atoms with Crippen molar-refractivity contribution >= 4 is 17.9 Å². The van der Waals surface area contributed by atoms with Gasteiger partial charge in [-0.05, 0) is 43.7 Å². The summed E-state index contributed by atoms with van der Waals surface area (Å²) in [5.41, 5.74) is -5.39. The van der Waals surface area contributed by atoms with Crippen LogP contribution >= 0.6 is 0 Å². The molecule has 11 atom stereocenters. The fourth-order valence-electron chi connectivity index (χ4n) is 10.1. The molecule has 8 unspecified atom stereocenters. The number of carbonyl (C=O) groups is 2. The van der Waals surface area contributed by atoms with Gasteiger partial charge in [0.05, 0.1) is 5.41 Å². The van der Waals surface area contributed by atoms with Crippen LogP contribution in [0.4, 0.5) is 0 Å². The molecular formula is C28H40N4O10. The lowest BCUT2D eigenvalue weighted by Crippen LogP contribution is -2.76. The van der Waals surface area contributed by atoms with Crippen LogP contribution in [0.15, 0.2) is 23.3 Å². The average Bonchev–Trinajstić information content (AvgIpc) is 3.53. The fourth-order valence-corrected chi connectivity index (χ4v) is 10.1. The average molecular weight is 593 g/mol. The second kappa shape index (κ2) is 8.04. The van der Waals surface area contributed by atoms with E-state index in [1.807, 2.05) is 0 Å². The zero-order chi connectivity index (χ0) is 31.1. The lowest BCUT2D eigenvalue weighted by molar-refractivity contribution is -0.390. The van der Waals surface area contributed by atoms with Gasteiger partial charge in [-0.3, -0.25) is 4.79 Å². The van der Waals surface area contributed by atoms with Crippen molar-refractivity contribution in [3.05, 3.63) is 24.0 Å². The number of aliphatic imine (C=N–C) groups is 1. The Bertz CT molecular complexity index is 1380. The summed E-state index contributed by atoms with van der Waals surface area (Å²) in [7, 11) is 0. The number of hydrogen-bond acceptors (Lipinski definition) is 11. The molecule has 10 N–H and O–H groups in total. The van der Waals surface area contributed by atoms with Crippen molar-refractivity contribution in [1.82, 2.24) is 4.98 Å². The van der Waals surface area contributed by atoms with E-state index in [2.05, 4.69) is 9.98 Å². The Labute approximate surface area is 242 Å². The minimum Gasteiger partial charge on any atom is -0.457 e. The van der Waals surface area contributed by atoms with Crippen molar-refractivity contribution in [3.63, 3.8) is 0 Å². The van der Waals surface area contributed by atoms with Gasteiger partial charge in [0, 0.05) is 18.0 Å². The molecule has 0 aromatic carbocycles. The van der Waals surface area contributed by atoms with Crippen LogP contribution in [0.1, 0.15) is 64.4 Å². The number of aromatic nitrogens is 1. The minimum absolute atomic E-state index is 0.0235. The van der Waals surface area contributed by atoms with Gasteiger partial charge in [0.15, 0.2) is 23.5 Å². The first-order valence-electron chi connectivity index (χ1n) is 14.2. The number of aliphatic hydroxyl groups is 5.